The molecule has 0 fully saturated rings. The van der Waals surface area contributed by atoms with E-state index in [9.17, 15) is 5.11 Å². The van der Waals surface area contributed by atoms with Gasteiger partial charge in [-0.2, -0.15) is 0 Å². The van der Waals surface area contributed by atoms with Crippen LogP contribution >= 0.6 is 31.9 Å². The Labute approximate surface area is 113 Å². The summed E-state index contributed by atoms with van der Waals surface area (Å²) in [6.45, 7) is 4.34. The van der Waals surface area contributed by atoms with Crippen molar-refractivity contribution in [3.8, 4) is 5.75 Å². The molecule has 0 unspecified atom stereocenters. The van der Waals surface area contributed by atoms with E-state index in [1.54, 1.807) is 0 Å². The SMILES string of the molecule is CC(C)CC[C@@H](N)c1cc(Br)cc(Br)c1O. The van der Waals surface area contributed by atoms with E-state index in [0.29, 0.717) is 10.4 Å². The summed E-state index contributed by atoms with van der Waals surface area (Å²) < 4.78 is 1.60. The Bertz CT molecular complexity index is 366. The Morgan fingerprint density at radius 3 is 2.44 bits per heavy atom. The largest absolute Gasteiger partial charge is 0.506 e. The minimum Gasteiger partial charge on any atom is -0.506 e. The molecule has 0 aliphatic heterocycles. The highest BCUT2D eigenvalue weighted by atomic mass is 79.9. The van der Waals surface area contributed by atoms with Crippen LogP contribution in [0.1, 0.15) is 38.3 Å². The van der Waals surface area contributed by atoms with Gasteiger partial charge < -0.3 is 10.8 Å². The predicted octanol–water partition coefficient (Wildman–Crippen LogP) is 4.35. The summed E-state index contributed by atoms with van der Waals surface area (Å²) in [5.74, 6) is 0.878. The van der Waals surface area contributed by atoms with E-state index >= 15 is 0 Å². The Morgan fingerprint density at radius 2 is 1.88 bits per heavy atom. The zero-order chi connectivity index (χ0) is 12.3. The van der Waals surface area contributed by atoms with Crippen LogP contribution < -0.4 is 5.73 Å². The average Bonchev–Trinajstić information content (AvgIpc) is 2.19. The molecule has 1 atom stereocenters. The molecular formula is C12H17Br2NO. The molecule has 0 spiro atoms. The van der Waals surface area contributed by atoms with Crippen molar-refractivity contribution in [2.24, 2.45) is 11.7 Å². The van der Waals surface area contributed by atoms with Crippen molar-refractivity contribution in [2.75, 3.05) is 0 Å². The Balaban J connectivity index is 2.86. The van der Waals surface area contributed by atoms with E-state index in [0.717, 1.165) is 22.9 Å². The number of phenolic OH excluding ortho intramolecular Hbond substituents is 1. The first kappa shape index (κ1) is 14.0. The lowest BCUT2D eigenvalue weighted by Gasteiger charge is -2.16. The summed E-state index contributed by atoms with van der Waals surface area (Å²) in [6.07, 6.45) is 1.94. The minimum absolute atomic E-state index is 0.115. The summed E-state index contributed by atoms with van der Waals surface area (Å²) in [5, 5.41) is 9.91. The maximum Gasteiger partial charge on any atom is 0.134 e. The molecule has 0 aromatic heterocycles. The molecule has 1 rings (SSSR count). The fourth-order valence-corrected chi connectivity index (χ4v) is 2.80. The van der Waals surface area contributed by atoms with E-state index < -0.39 is 0 Å². The lowest BCUT2D eigenvalue weighted by molar-refractivity contribution is 0.445. The van der Waals surface area contributed by atoms with Crippen molar-refractivity contribution in [3.63, 3.8) is 0 Å². The van der Waals surface area contributed by atoms with Gasteiger partial charge in [0.1, 0.15) is 5.75 Å². The molecule has 0 heterocycles. The third kappa shape index (κ3) is 3.75. The van der Waals surface area contributed by atoms with Crippen molar-refractivity contribution in [1.29, 1.82) is 0 Å². The number of aromatic hydroxyl groups is 1. The van der Waals surface area contributed by atoms with Crippen LogP contribution in [-0.2, 0) is 0 Å². The third-order valence-corrected chi connectivity index (χ3v) is 3.57. The molecule has 3 N–H and O–H groups in total. The van der Waals surface area contributed by atoms with Crippen LogP contribution in [0.5, 0.6) is 5.75 Å². The van der Waals surface area contributed by atoms with Crippen LogP contribution in [0.2, 0.25) is 0 Å². The number of rotatable bonds is 4. The second-order valence-corrected chi connectivity index (χ2v) is 6.17. The maximum absolute atomic E-state index is 9.91. The van der Waals surface area contributed by atoms with Gasteiger partial charge in [-0.25, -0.2) is 0 Å². The van der Waals surface area contributed by atoms with Crippen LogP contribution in [0.25, 0.3) is 0 Å². The van der Waals surface area contributed by atoms with Crippen LogP contribution in [0.15, 0.2) is 21.1 Å². The van der Waals surface area contributed by atoms with Gasteiger partial charge in [0.2, 0.25) is 0 Å². The maximum atomic E-state index is 9.91. The van der Waals surface area contributed by atoms with E-state index in [1.807, 2.05) is 12.1 Å². The van der Waals surface area contributed by atoms with Crippen LogP contribution in [-0.4, -0.2) is 5.11 Å². The van der Waals surface area contributed by atoms with Crippen molar-refractivity contribution >= 4 is 31.9 Å². The first-order chi connectivity index (χ1) is 7.41. The van der Waals surface area contributed by atoms with E-state index in [-0.39, 0.29) is 11.8 Å². The smallest absolute Gasteiger partial charge is 0.134 e. The fraction of sp³-hybridized carbons (Fsp3) is 0.500. The highest BCUT2D eigenvalue weighted by Gasteiger charge is 2.14. The van der Waals surface area contributed by atoms with E-state index in [1.165, 1.54) is 0 Å². The first-order valence-corrected chi connectivity index (χ1v) is 6.94. The van der Waals surface area contributed by atoms with Gasteiger partial charge in [-0.05, 0) is 46.8 Å². The molecule has 1 aromatic carbocycles. The standard InChI is InChI=1S/C12H17Br2NO/c1-7(2)3-4-11(15)9-5-8(13)6-10(14)12(9)16/h5-7,11,16H,3-4,15H2,1-2H3/t11-/m1/s1. The molecular weight excluding hydrogens is 334 g/mol. The van der Waals surface area contributed by atoms with Crippen molar-refractivity contribution in [3.05, 3.63) is 26.6 Å². The number of phenols is 1. The van der Waals surface area contributed by atoms with Crippen molar-refractivity contribution < 1.29 is 5.11 Å². The summed E-state index contributed by atoms with van der Waals surface area (Å²) in [6, 6.07) is 3.58. The molecule has 1 aromatic rings. The fourth-order valence-electron chi connectivity index (χ4n) is 1.54. The second-order valence-electron chi connectivity index (χ2n) is 4.40. The molecule has 90 valence electrons. The highest BCUT2D eigenvalue weighted by Crippen LogP contribution is 2.36. The normalized spacial score (nSPS) is 13.1. The summed E-state index contributed by atoms with van der Waals surface area (Å²) in [7, 11) is 0. The average molecular weight is 351 g/mol. The van der Waals surface area contributed by atoms with Gasteiger partial charge in [-0.1, -0.05) is 29.8 Å². The number of hydrogen-bond acceptors (Lipinski definition) is 2. The van der Waals surface area contributed by atoms with Crippen molar-refractivity contribution in [1.82, 2.24) is 0 Å². The molecule has 4 heteroatoms. The summed E-state index contributed by atoms with van der Waals surface area (Å²) >= 11 is 6.71. The third-order valence-electron chi connectivity index (χ3n) is 2.51. The van der Waals surface area contributed by atoms with Crippen LogP contribution in [0.3, 0.4) is 0 Å². The predicted molar refractivity (Wildman–Crippen MR) is 74.5 cm³/mol. The lowest BCUT2D eigenvalue weighted by atomic mass is 9.98. The van der Waals surface area contributed by atoms with E-state index in [4.69, 9.17) is 5.73 Å². The van der Waals surface area contributed by atoms with Gasteiger partial charge in [0.15, 0.2) is 0 Å². The number of halogens is 2. The molecule has 0 aliphatic rings. The molecule has 0 bridgehead atoms. The molecule has 0 radical (unpaired) electrons. The minimum atomic E-state index is -0.115. The van der Waals surface area contributed by atoms with Crippen LogP contribution in [0, 0.1) is 5.92 Å². The quantitative estimate of drug-likeness (QED) is 0.847. The van der Waals surface area contributed by atoms with Crippen LogP contribution in [0.4, 0.5) is 0 Å². The second kappa shape index (κ2) is 6.03. The number of benzene rings is 1. The van der Waals surface area contributed by atoms with Gasteiger partial charge >= 0.3 is 0 Å². The highest BCUT2D eigenvalue weighted by molar-refractivity contribution is 9.11. The molecule has 0 aliphatic carbocycles. The summed E-state index contributed by atoms with van der Waals surface area (Å²) in [5.41, 5.74) is 6.87. The Morgan fingerprint density at radius 1 is 1.25 bits per heavy atom. The van der Waals surface area contributed by atoms with Gasteiger partial charge in [-0.15, -0.1) is 0 Å². The number of nitrogens with two attached hydrogens (primary N) is 1. The monoisotopic (exact) mass is 349 g/mol. The zero-order valence-electron chi connectivity index (χ0n) is 9.50. The van der Waals surface area contributed by atoms with E-state index in [2.05, 4.69) is 45.7 Å². The Kier molecular flexibility index (Phi) is 5.28. The molecule has 0 saturated heterocycles. The molecule has 16 heavy (non-hydrogen) atoms. The summed E-state index contributed by atoms with van der Waals surface area (Å²) in [4.78, 5) is 0. The van der Waals surface area contributed by atoms with Gasteiger partial charge in [-0.3, -0.25) is 0 Å². The molecule has 2 nitrogen and oxygen atoms in total. The Hall–Kier alpha value is -0.0600. The van der Waals surface area contributed by atoms with Gasteiger partial charge in [0.25, 0.3) is 0 Å². The molecule has 0 amide bonds. The van der Waals surface area contributed by atoms with Crippen molar-refractivity contribution in [2.45, 2.75) is 32.7 Å². The van der Waals surface area contributed by atoms with Gasteiger partial charge in [0.05, 0.1) is 4.47 Å². The topological polar surface area (TPSA) is 46.2 Å². The lowest BCUT2D eigenvalue weighted by Crippen LogP contribution is -2.11. The van der Waals surface area contributed by atoms with Gasteiger partial charge in [0, 0.05) is 16.1 Å². The first-order valence-electron chi connectivity index (χ1n) is 5.35. The zero-order valence-corrected chi connectivity index (χ0v) is 12.7. The molecule has 0 saturated carbocycles. The number of hydrogen-bond donors (Lipinski definition) is 2.